The largest absolute Gasteiger partial charge is 0.383 e. The van der Waals surface area contributed by atoms with Crippen molar-refractivity contribution >= 4 is 0 Å². The molecule has 4 nitrogen and oxygen atoms in total. The molecule has 1 rings (SSSR count). The number of pyridine rings is 1. The molecule has 0 aliphatic rings. The summed E-state index contributed by atoms with van der Waals surface area (Å²) in [7, 11) is 1.72. The Morgan fingerprint density at radius 3 is 2.89 bits per heavy atom. The van der Waals surface area contributed by atoms with Crippen LogP contribution >= 0.6 is 0 Å². The van der Waals surface area contributed by atoms with Gasteiger partial charge in [-0.2, -0.15) is 5.26 Å². The summed E-state index contributed by atoms with van der Waals surface area (Å²) in [6.45, 7) is 7.88. The van der Waals surface area contributed by atoms with Gasteiger partial charge in [0.05, 0.1) is 6.61 Å². The van der Waals surface area contributed by atoms with Crippen LogP contribution in [-0.4, -0.2) is 36.7 Å². The first kappa shape index (κ1) is 14.6. The first-order valence-electron chi connectivity index (χ1n) is 6.22. The highest BCUT2D eigenvalue weighted by atomic mass is 16.5. The topological polar surface area (TPSA) is 49.1 Å². The number of hydrogen-bond donors (Lipinski definition) is 0. The lowest BCUT2D eigenvalue weighted by Gasteiger charge is -2.24. The number of methoxy groups -OCH3 is 1. The van der Waals surface area contributed by atoms with E-state index in [1.54, 1.807) is 13.3 Å². The number of hydrogen-bond acceptors (Lipinski definition) is 4. The van der Waals surface area contributed by atoms with Crippen molar-refractivity contribution in [3.8, 4) is 6.07 Å². The van der Waals surface area contributed by atoms with Gasteiger partial charge in [-0.1, -0.05) is 13.8 Å². The molecule has 0 N–H and O–H groups in total. The van der Waals surface area contributed by atoms with E-state index in [1.165, 1.54) is 0 Å². The molecule has 0 aliphatic carbocycles. The second-order valence-electron chi connectivity index (χ2n) is 4.78. The highest BCUT2D eigenvalue weighted by Crippen LogP contribution is 2.08. The van der Waals surface area contributed by atoms with Gasteiger partial charge in [-0.15, -0.1) is 0 Å². The molecule has 4 heteroatoms. The van der Waals surface area contributed by atoms with Crippen LogP contribution in [0.15, 0.2) is 18.3 Å². The van der Waals surface area contributed by atoms with Crippen LogP contribution in [0, 0.1) is 17.2 Å². The molecule has 1 heterocycles. The van der Waals surface area contributed by atoms with Crippen LogP contribution in [0.2, 0.25) is 0 Å². The van der Waals surface area contributed by atoms with E-state index in [1.807, 2.05) is 12.1 Å². The van der Waals surface area contributed by atoms with Gasteiger partial charge in [-0.3, -0.25) is 4.90 Å². The third-order valence-electron chi connectivity index (χ3n) is 2.58. The average Bonchev–Trinajstić information content (AvgIpc) is 2.35. The summed E-state index contributed by atoms with van der Waals surface area (Å²) in [5.41, 5.74) is 1.60. The molecule has 0 bridgehead atoms. The molecular weight excluding hydrogens is 226 g/mol. The van der Waals surface area contributed by atoms with Gasteiger partial charge < -0.3 is 4.74 Å². The average molecular weight is 247 g/mol. The summed E-state index contributed by atoms with van der Waals surface area (Å²) in [6, 6.07) is 5.88. The molecule has 0 aliphatic heterocycles. The number of ether oxygens (including phenoxy) is 1. The standard InChI is InChI=1S/C14H21N3O/c1-12(2)10-17(6-7-18-3)11-13-4-5-16-14(8-13)9-15/h4-5,8,12H,6-7,10-11H2,1-3H3. The summed E-state index contributed by atoms with van der Waals surface area (Å²) < 4.78 is 5.13. The Morgan fingerprint density at radius 1 is 1.50 bits per heavy atom. The van der Waals surface area contributed by atoms with Crippen molar-refractivity contribution in [2.24, 2.45) is 5.92 Å². The fourth-order valence-corrected chi connectivity index (χ4v) is 1.86. The Bertz CT molecular complexity index is 398. The molecule has 0 saturated carbocycles. The molecule has 0 radical (unpaired) electrons. The smallest absolute Gasteiger partial charge is 0.140 e. The summed E-state index contributed by atoms with van der Waals surface area (Å²) in [5.74, 6) is 0.610. The normalized spacial score (nSPS) is 10.9. The van der Waals surface area contributed by atoms with Gasteiger partial charge in [0.2, 0.25) is 0 Å². The van der Waals surface area contributed by atoms with Crippen LogP contribution in [0.3, 0.4) is 0 Å². The minimum Gasteiger partial charge on any atom is -0.383 e. The molecule has 0 atom stereocenters. The monoisotopic (exact) mass is 247 g/mol. The van der Waals surface area contributed by atoms with Crippen LogP contribution in [0.5, 0.6) is 0 Å². The summed E-state index contributed by atoms with van der Waals surface area (Å²) >= 11 is 0. The Labute approximate surface area is 109 Å². The maximum Gasteiger partial charge on any atom is 0.140 e. The van der Waals surface area contributed by atoms with Crippen LogP contribution in [0.1, 0.15) is 25.1 Å². The van der Waals surface area contributed by atoms with E-state index < -0.39 is 0 Å². The third-order valence-corrected chi connectivity index (χ3v) is 2.58. The Morgan fingerprint density at radius 2 is 2.28 bits per heavy atom. The zero-order valence-electron chi connectivity index (χ0n) is 11.4. The number of nitriles is 1. The molecule has 0 amide bonds. The number of rotatable bonds is 7. The van der Waals surface area contributed by atoms with Crippen molar-refractivity contribution in [2.45, 2.75) is 20.4 Å². The van der Waals surface area contributed by atoms with Crippen molar-refractivity contribution in [3.63, 3.8) is 0 Å². The Kier molecular flexibility index (Phi) is 6.34. The van der Waals surface area contributed by atoms with Gasteiger partial charge in [-0.05, 0) is 23.6 Å². The Balaban J connectivity index is 2.65. The fraction of sp³-hybridized carbons (Fsp3) is 0.571. The first-order valence-corrected chi connectivity index (χ1v) is 6.22. The lowest BCUT2D eigenvalue weighted by molar-refractivity contribution is 0.136. The van der Waals surface area contributed by atoms with Gasteiger partial charge in [-0.25, -0.2) is 4.98 Å². The molecule has 0 aromatic carbocycles. The van der Waals surface area contributed by atoms with Crippen LogP contribution in [0.4, 0.5) is 0 Å². The van der Waals surface area contributed by atoms with E-state index >= 15 is 0 Å². The Hall–Kier alpha value is -1.44. The molecule has 18 heavy (non-hydrogen) atoms. The van der Waals surface area contributed by atoms with E-state index in [2.05, 4.69) is 29.8 Å². The van der Waals surface area contributed by atoms with E-state index in [4.69, 9.17) is 10.00 Å². The minimum absolute atomic E-state index is 0.476. The van der Waals surface area contributed by atoms with Gasteiger partial charge in [0.1, 0.15) is 11.8 Å². The molecule has 0 fully saturated rings. The zero-order valence-corrected chi connectivity index (χ0v) is 11.4. The van der Waals surface area contributed by atoms with Gasteiger partial charge >= 0.3 is 0 Å². The van der Waals surface area contributed by atoms with Crippen molar-refractivity contribution < 1.29 is 4.74 Å². The molecule has 1 aromatic heterocycles. The van der Waals surface area contributed by atoms with Crippen LogP contribution < -0.4 is 0 Å². The fourth-order valence-electron chi connectivity index (χ4n) is 1.86. The lowest BCUT2D eigenvalue weighted by atomic mass is 10.1. The molecule has 0 unspecified atom stereocenters. The predicted molar refractivity (Wildman–Crippen MR) is 70.9 cm³/mol. The predicted octanol–water partition coefficient (Wildman–Crippen LogP) is 2.06. The van der Waals surface area contributed by atoms with Crippen molar-refractivity contribution in [1.82, 2.24) is 9.88 Å². The second kappa shape index (κ2) is 7.80. The second-order valence-corrected chi connectivity index (χ2v) is 4.78. The summed E-state index contributed by atoms with van der Waals surface area (Å²) in [5, 5.41) is 8.84. The first-order chi connectivity index (χ1) is 8.65. The lowest BCUT2D eigenvalue weighted by Crippen LogP contribution is -2.30. The summed E-state index contributed by atoms with van der Waals surface area (Å²) in [4.78, 5) is 6.32. The minimum atomic E-state index is 0.476. The van der Waals surface area contributed by atoms with Crippen LogP contribution in [0.25, 0.3) is 0 Å². The molecule has 0 saturated heterocycles. The van der Waals surface area contributed by atoms with Gasteiger partial charge in [0.15, 0.2) is 0 Å². The highest BCUT2D eigenvalue weighted by molar-refractivity contribution is 5.25. The molecule has 98 valence electrons. The number of aromatic nitrogens is 1. The third kappa shape index (κ3) is 5.26. The van der Waals surface area contributed by atoms with Gasteiger partial charge in [0, 0.05) is 32.9 Å². The molecular formula is C14H21N3O. The van der Waals surface area contributed by atoms with Gasteiger partial charge in [0.25, 0.3) is 0 Å². The SMILES string of the molecule is COCCN(Cc1ccnc(C#N)c1)CC(C)C. The quantitative estimate of drug-likeness (QED) is 0.740. The van der Waals surface area contributed by atoms with E-state index in [0.717, 1.165) is 31.8 Å². The molecule has 1 aromatic rings. The zero-order chi connectivity index (χ0) is 13.4. The summed E-state index contributed by atoms with van der Waals surface area (Å²) in [6.07, 6.45) is 1.69. The molecule has 0 spiro atoms. The maximum absolute atomic E-state index is 8.84. The van der Waals surface area contributed by atoms with Crippen molar-refractivity contribution in [2.75, 3.05) is 26.8 Å². The highest BCUT2D eigenvalue weighted by Gasteiger charge is 2.08. The van der Waals surface area contributed by atoms with Crippen molar-refractivity contribution in [3.05, 3.63) is 29.6 Å². The van der Waals surface area contributed by atoms with Crippen molar-refractivity contribution in [1.29, 1.82) is 5.26 Å². The van der Waals surface area contributed by atoms with Crippen LogP contribution in [-0.2, 0) is 11.3 Å². The van der Waals surface area contributed by atoms with E-state index in [9.17, 15) is 0 Å². The van der Waals surface area contributed by atoms with E-state index in [-0.39, 0.29) is 0 Å². The van der Waals surface area contributed by atoms with E-state index in [0.29, 0.717) is 11.6 Å². The maximum atomic E-state index is 8.84. The number of nitrogens with zero attached hydrogens (tertiary/aromatic N) is 3.